The molecule has 8 nitrogen and oxygen atoms in total. The average molecular weight is 644 g/mol. The van der Waals surface area contributed by atoms with Crippen molar-refractivity contribution in [3.63, 3.8) is 0 Å². The van der Waals surface area contributed by atoms with E-state index >= 15 is 0 Å². The molecule has 0 saturated carbocycles. The molecule has 11 heteroatoms. The van der Waals surface area contributed by atoms with Gasteiger partial charge in [0.05, 0.1) is 0 Å². The standard InChI is InChI=1S/C32H18N8Si.2CH3Cl/c1-2-10-18-17(9-1)25-33-26(18)36-30-23-15-7-8-16-24(23)32-38-28-20-12-4-3-11-19(20)27(34-28)37-31-22-14-6-5-13-21(22)29(35-25)39(31)41-40(30)32;2*1-2/h1-16H,41H2;2*1H3. The summed E-state index contributed by atoms with van der Waals surface area (Å²) in [5.74, 6) is 4.40. The van der Waals surface area contributed by atoms with Crippen molar-refractivity contribution in [2.75, 3.05) is 12.8 Å². The monoisotopic (exact) mass is 642 g/mol. The number of aliphatic imine (C=N–C) groups is 4. The van der Waals surface area contributed by atoms with Crippen LogP contribution in [0, 0.1) is 0 Å². The van der Waals surface area contributed by atoms with Gasteiger partial charge in [-0.15, -0.1) is 23.2 Å². The molecule has 10 rings (SSSR count). The van der Waals surface area contributed by atoms with Crippen LogP contribution in [0.3, 0.4) is 0 Å². The number of aromatic nitrogens is 2. The average Bonchev–Trinajstić information content (AvgIpc) is 3.81. The molecule has 0 amide bonds. The predicted octanol–water partition coefficient (Wildman–Crippen LogP) is 5.64. The second-order valence-corrected chi connectivity index (χ2v) is 12.0. The van der Waals surface area contributed by atoms with Crippen LogP contribution in [-0.4, -0.2) is 54.4 Å². The lowest BCUT2D eigenvalue weighted by molar-refractivity contribution is 0.992. The predicted molar refractivity (Wildman–Crippen MR) is 187 cm³/mol. The van der Waals surface area contributed by atoms with Gasteiger partial charge in [0.1, 0.15) is 22.6 Å². The van der Waals surface area contributed by atoms with E-state index in [1.54, 1.807) is 0 Å². The minimum atomic E-state index is -1.35. The number of rotatable bonds is 0. The van der Waals surface area contributed by atoms with Gasteiger partial charge in [-0.1, -0.05) is 97.1 Å². The first kappa shape index (κ1) is 27.6. The summed E-state index contributed by atoms with van der Waals surface area (Å²) in [7, 11) is -1.35. The van der Waals surface area contributed by atoms with E-state index in [-0.39, 0.29) is 0 Å². The molecule has 0 saturated heterocycles. The highest BCUT2D eigenvalue weighted by Gasteiger charge is 2.29. The Morgan fingerprint density at radius 3 is 1.13 bits per heavy atom. The van der Waals surface area contributed by atoms with Gasteiger partial charge >= 0.3 is 0 Å². The summed E-state index contributed by atoms with van der Waals surface area (Å²) < 4.78 is 4.59. The Morgan fingerprint density at radius 2 is 0.733 bits per heavy atom. The summed E-state index contributed by atoms with van der Waals surface area (Å²) in [4.78, 5) is 31.0. The van der Waals surface area contributed by atoms with Crippen molar-refractivity contribution < 1.29 is 0 Å². The topological polar surface area (TPSA) is 84.0 Å². The third kappa shape index (κ3) is 4.05. The summed E-state index contributed by atoms with van der Waals surface area (Å²) in [5.41, 5.74) is 5.64. The second kappa shape index (κ2) is 10.9. The maximum absolute atomic E-state index is 5.26. The van der Waals surface area contributed by atoms with E-state index < -0.39 is 9.84 Å². The van der Waals surface area contributed by atoms with Crippen molar-refractivity contribution in [2.45, 2.75) is 0 Å². The van der Waals surface area contributed by atoms with Crippen LogP contribution in [0.25, 0.3) is 21.5 Å². The van der Waals surface area contributed by atoms with E-state index in [2.05, 4.69) is 104 Å². The van der Waals surface area contributed by atoms with Gasteiger partial charge in [0.15, 0.2) is 23.3 Å². The Hall–Kier alpha value is -4.96. The molecule has 6 heterocycles. The minimum Gasteiger partial charge on any atom is -0.324 e. The summed E-state index contributed by atoms with van der Waals surface area (Å²) in [6, 6.07) is 33.1. The lowest BCUT2D eigenvalue weighted by Gasteiger charge is -2.12. The number of halogens is 2. The first-order chi connectivity index (χ1) is 22.3. The van der Waals surface area contributed by atoms with E-state index in [1.807, 2.05) is 24.3 Å². The van der Waals surface area contributed by atoms with Crippen molar-refractivity contribution in [3.05, 3.63) is 130 Å². The summed E-state index contributed by atoms with van der Waals surface area (Å²) >= 11 is 9.28. The summed E-state index contributed by atoms with van der Waals surface area (Å²) in [5, 5.41) is 4.16. The molecule has 0 aliphatic carbocycles. The normalized spacial score (nSPS) is 15.1. The fourth-order valence-electron chi connectivity index (χ4n) is 6.35. The second-order valence-electron chi connectivity index (χ2n) is 10.4. The fourth-order valence-corrected chi connectivity index (χ4v) is 8.13. The van der Waals surface area contributed by atoms with Crippen LogP contribution in [0.4, 0.5) is 11.6 Å². The zero-order valence-electron chi connectivity index (χ0n) is 24.3. The molecule has 0 N–H and O–H groups in total. The minimum absolute atomic E-state index is 0.671. The van der Waals surface area contributed by atoms with E-state index in [0.717, 1.165) is 66.4 Å². The molecule has 0 radical (unpaired) electrons. The number of fused-ring (bicyclic) bond motifs is 14. The van der Waals surface area contributed by atoms with Crippen LogP contribution in [0.5, 0.6) is 0 Å². The molecule has 4 aliphatic heterocycles. The van der Waals surface area contributed by atoms with E-state index in [0.29, 0.717) is 23.3 Å². The molecular formula is C34H24Cl2N8Si. The van der Waals surface area contributed by atoms with Gasteiger partial charge in [0.25, 0.3) is 0 Å². The maximum Gasteiger partial charge on any atom is 0.246 e. The van der Waals surface area contributed by atoms with Crippen molar-refractivity contribution in [1.29, 1.82) is 0 Å². The van der Waals surface area contributed by atoms with E-state index in [9.17, 15) is 0 Å². The van der Waals surface area contributed by atoms with Gasteiger partial charge < -0.3 is 8.47 Å². The van der Waals surface area contributed by atoms with Crippen LogP contribution >= 0.6 is 23.2 Å². The molecule has 2 aromatic heterocycles. The van der Waals surface area contributed by atoms with Gasteiger partial charge in [0, 0.05) is 56.6 Å². The number of hydrogen-bond donors (Lipinski definition) is 0. The van der Waals surface area contributed by atoms with Crippen LogP contribution in [0.2, 0.25) is 0 Å². The highest BCUT2D eigenvalue weighted by atomic mass is 35.5. The highest BCUT2D eigenvalue weighted by molar-refractivity contribution is 6.37. The Labute approximate surface area is 270 Å². The summed E-state index contributed by atoms with van der Waals surface area (Å²) in [6.45, 7) is 0. The first-order valence-electron chi connectivity index (χ1n) is 14.3. The molecule has 218 valence electrons. The number of hydrogen-bond acceptors (Lipinski definition) is 6. The molecule has 0 unspecified atom stereocenters. The quantitative estimate of drug-likeness (QED) is 0.152. The highest BCUT2D eigenvalue weighted by Crippen LogP contribution is 2.39. The number of benzene rings is 4. The zero-order valence-corrected chi connectivity index (χ0v) is 27.2. The molecule has 0 fully saturated rings. The first-order valence-corrected chi connectivity index (χ1v) is 17.1. The van der Waals surface area contributed by atoms with Gasteiger partial charge in [-0.25, -0.2) is 30.0 Å². The van der Waals surface area contributed by atoms with Crippen LogP contribution in [-0.2, 0) is 0 Å². The smallest absolute Gasteiger partial charge is 0.246 e. The zero-order chi connectivity index (χ0) is 30.7. The maximum atomic E-state index is 5.26. The third-order valence-corrected chi connectivity index (χ3v) is 9.98. The van der Waals surface area contributed by atoms with Gasteiger partial charge in [-0.05, 0) is 0 Å². The molecule has 0 atom stereocenters. The van der Waals surface area contributed by atoms with Crippen molar-refractivity contribution in [3.8, 4) is 0 Å². The number of alkyl halides is 2. The van der Waals surface area contributed by atoms with Crippen molar-refractivity contribution >= 4 is 89.6 Å². The molecule has 0 spiro atoms. The van der Waals surface area contributed by atoms with Crippen molar-refractivity contribution in [1.82, 2.24) is 8.47 Å². The number of nitrogens with zero attached hydrogens (tertiary/aromatic N) is 8. The van der Waals surface area contributed by atoms with Crippen LogP contribution < -0.4 is 11.0 Å². The SMILES string of the molecule is CCl.CCl.c1ccc2c(c1)C1=NC2=Nc2c3ccccc3c3n2[SiH2]n2c(c4ccccc4c2=NC2=NC(=N3)c3ccccc32)=N1. The van der Waals surface area contributed by atoms with Gasteiger partial charge in [-0.2, -0.15) is 0 Å². The summed E-state index contributed by atoms with van der Waals surface area (Å²) in [6.07, 6.45) is 2.94. The van der Waals surface area contributed by atoms with Crippen LogP contribution in [0.1, 0.15) is 22.3 Å². The molecule has 4 aliphatic rings. The van der Waals surface area contributed by atoms with Gasteiger partial charge in [-0.3, -0.25) is 0 Å². The lowest BCUT2D eigenvalue weighted by atomic mass is 10.1. The van der Waals surface area contributed by atoms with E-state index in [4.69, 9.17) is 30.0 Å². The Bertz CT molecular complexity index is 2300. The van der Waals surface area contributed by atoms with Crippen LogP contribution in [0.15, 0.2) is 127 Å². The van der Waals surface area contributed by atoms with Crippen molar-refractivity contribution in [2.24, 2.45) is 30.0 Å². The molecule has 4 aromatic carbocycles. The Morgan fingerprint density at radius 1 is 0.400 bits per heavy atom. The molecular weight excluding hydrogens is 619 g/mol. The van der Waals surface area contributed by atoms with Gasteiger partial charge in [0.2, 0.25) is 9.84 Å². The number of amidine groups is 4. The Kier molecular flexibility index (Phi) is 6.67. The lowest BCUT2D eigenvalue weighted by Crippen LogP contribution is -2.36. The van der Waals surface area contributed by atoms with E-state index in [1.165, 1.54) is 12.8 Å². The molecule has 6 aromatic rings. The largest absolute Gasteiger partial charge is 0.324 e. The molecule has 6 bridgehead atoms. The third-order valence-electron chi connectivity index (χ3n) is 8.21. The fraction of sp³-hybridized carbons (Fsp3) is 0.0588. The Balaban J connectivity index is 0.000000725. The molecule has 45 heavy (non-hydrogen) atoms.